The van der Waals surface area contributed by atoms with E-state index < -0.39 is 5.97 Å². The topological polar surface area (TPSA) is 87.7 Å². The third kappa shape index (κ3) is 1.00. The maximum absolute atomic E-state index is 10.6. The first-order valence-corrected chi connectivity index (χ1v) is 3.86. The monoisotopic (exact) mass is 193 g/mol. The van der Waals surface area contributed by atoms with Crippen molar-refractivity contribution in [2.45, 2.75) is 6.92 Å². The molecule has 0 unspecified atom stereocenters. The molecule has 2 rings (SSSR count). The summed E-state index contributed by atoms with van der Waals surface area (Å²) in [6.07, 6.45) is 2.79. The van der Waals surface area contributed by atoms with E-state index in [1.807, 2.05) is 0 Å². The van der Waals surface area contributed by atoms with Gasteiger partial charge in [-0.2, -0.15) is 5.10 Å². The minimum Gasteiger partial charge on any atom is -0.504 e. The number of carbonyl (C=O) groups is 1. The smallest absolute Gasteiger partial charge is 0.358 e. The first-order chi connectivity index (χ1) is 6.61. The molecule has 0 saturated heterocycles. The van der Waals surface area contributed by atoms with Gasteiger partial charge in [0.15, 0.2) is 11.4 Å². The van der Waals surface area contributed by atoms with E-state index in [4.69, 9.17) is 5.11 Å². The summed E-state index contributed by atoms with van der Waals surface area (Å²) >= 11 is 0. The Kier molecular flexibility index (Phi) is 1.63. The highest BCUT2D eigenvalue weighted by atomic mass is 16.4. The lowest BCUT2D eigenvalue weighted by Gasteiger charge is -2.00. The molecule has 6 nitrogen and oxygen atoms in total. The second-order valence-corrected chi connectivity index (χ2v) is 2.87. The van der Waals surface area contributed by atoms with Gasteiger partial charge in [-0.25, -0.2) is 14.3 Å². The van der Waals surface area contributed by atoms with Gasteiger partial charge in [0.1, 0.15) is 11.8 Å². The Hall–Kier alpha value is -2.11. The fourth-order valence-electron chi connectivity index (χ4n) is 1.27. The SMILES string of the molecule is Cc1cnn2cnc(C(=O)O)c(O)c12. The highest BCUT2D eigenvalue weighted by Crippen LogP contribution is 2.23. The molecule has 0 aliphatic heterocycles. The second kappa shape index (κ2) is 2.69. The first kappa shape index (κ1) is 8.49. The predicted molar refractivity (Wildman–Crippen MR) is 46.3 cm³/mol. The molecule has 2 aromatic rings. The number of hydrogen-bond acceptors (Lipinski definition) is 4. The zero-order valence-corrected chi connectivity index (χ0v) is 7.30. The Morgan fingerprint density at radius 3 is 2.93 bits per heavy atom. The van der Waals surface area contributed by atoms with Crippen LogP contribution in [0.1, 0.15) is 16.1 Å². The number of carboxylic acid groups (broad SMARTS) is 1. The van der Waals surface area contributed by atoms with Crippen LogP contribution in [-0.2, 0) is 0 Å². The summed E-state index contributed by atoms with van der Waals surface area (Å²) in [5.41, 5.74) is 0.714. The Bertz CT molecular complexity index is 518. The summed E-state index contributed by atoms with van der Waals surface area (Å²) in [4.78, 5) is 14.2. The fraction of sp³-hybridized carbons (Fsp3) is 0.125. The number of hydrogen-bond donors (Lipinski definition) is 2. The van der Waals surface area contributed by atoms with Crippen molar-refractivity contribution in [3.05, 3.63) is 23.8 Å². The van der Waals surface area contributed by atoms with Crippen LogP contribution >= 0.6 is 0 Å². The molecule has 2 heterocycles. The van der Waals surface area contributed by atoms with E-state index in [1.165, 1.54) is 17.0 Å². The molecule has 72 valence electrons. The van der Waals surface area contributed by atoms with E-state index in [9.17, 15) is 9.90 Å². The Balaban J connectivity index is 2.86. The predicted octanol–water partition coefficient (Wildman–Crippen LogP) is 0.442. The average molecular weight is 193 g/mol. The Morgan fingerprint density at radius 2 is 2.29 bits per heavy atom. The molecule has 6 heteroatoms. The van der Waals surface area contributed by atoms with E-state index in [1.54, 1.807) is 6.92 Å². The molecule has 0 aromatic carbocycles. The second-order valence-electron chi connectivity index (χ2n) is 2.87. The molecule has 0 fully saturated rings. The molecule has 14 heavy (non-hydrogen) atoms. The number of nitrogens with zero attached hydrogens (tertiary/aromatic N) is 3. The third-order valence-electron chi connectivity index (χ3n) is 1.93. The Labute approximate surface area is 78.4 Å². The summed E-state index contributed by atoms with van der Waals surface area (Å²) in [6, 6.07) is 0. The van der Waals surface area contributed by atoms with Crippen molar-refractivity contribution in [3.63, 3.8) is 0 Å². The molecule has 0 radical (unpaired) electrons. The number of carboxylic acids is 1. The zero-order chi connectivity index (χ0) is 10.3. The van der Waals surface area contributed by atoms with Gasteiger partial charge < -0.3 is 10.2 Å². The van der Waals surface area contributed by atoms with Crippen LogP contribution in [0.15, 0.2) is 12.5 Å². The number of aromatic carboxylic acids is 1. The molecule has 0 amide bonds. The van der Waals surface area contributed by atoms with Crippen molar-refractivity contribution in [1.82, 2.24) is 14.6 Å². The molecule has 2 N–H and O–H groups in total. The van der Waals surface area contributed by atoms with Crippen LogP contribution in [-0.4, -0.2) is 30.8 Å². The van der Waals surface area contributed by atoms with E-state index in [0.29, 0.717) is 11.1 Å². The van der Waals surface area contributed by atoms with Crippen molar-refractivity contribution in [1.29, 1.82) is 0 Å². The third-order valence-corrected chi connectivity index (χ3v) is 1.93. The van der Waals surface area contributed by atoms with Gasteiger partial charge in [-0.05, 0) is 12.5 Å². The van der Waals surface area contributed by atoms with Gasteiger partial charge in [-0.1, -0.05) is 0 Å². The van der Waals surface area contributed by atoms with Crippen molar-refractivity contribution in [3.8, 4) is 5.75 Å². The summed E-state index contributed by atoms with van der Waals surface area (Å²) in [5, 5.41) is 22.2. The summed E-state index contributed by atoms with van der Waals surface area (Å²) in [6.45, 7) is 1.73. The van der Waals surface area contributed by atoms with E-state index >= 15 is 0 Å². The highest BCUT2D eigenvalue weighted by Gasteiger charge is 2.16. The van der Waals surface area contributed by atoms with Crippen LogP contribution in [0.3, 0.4) is 0 Å². The molecule has 0 bridgehead atoms. The van der Waals surface area contributed by atoms with Gasteiger partial charge in [0.05, 0.1) is 6.20 Å². The van der Waals surface area contributed by atoms with E-state index in [-0.39, 0.29) is 11.4 Å². The Morgan fingerprint density at radius 1 is 1.57 bits per heavy atom. The molecule has 0 spiro atoms. The van der Waals surface area contributed by atoms with Gasteiger partial charge in [0, 0.05) is 0 Å². The lowest BCUT2D eigenvalue weighted by atomic mass is 10.2. The minimum atomic E-state index is -1.26. The van der Waals surface area contributed by atoms with Crippen LogP contribution in [0.5, 0.6) is 5.75 Å². The van der Waals surface area contributed by atoms with Gasteiger partial charge in [-0.3, -0.25) is 0 Å². The molecular weight excluding hydrogens is 186 g/mol. The summed E-state index contributed by atoms with van der Waals surface area (Å²) in [7, 11) is 0. The normalized spacial score (nSPS) is 10.6. The maximum atomic E-state index is 10.6. The van der Waals surface area contributed by atoms with Crippen molar-refractivity contribution in [2.24, 2.45) is 0 Å². The number of fused-ring (bicyclic) bond motifs is 1. The summed E-state index contributed by atoms with van der Waals surface area (Å²) < 4.78 is 1.33. The number of aryl methyl sites for hydroxylation is 1. The van der Waals surface area contributed by atoms with Gasteiger partial charge >= 0.3 is 5.97 Å². The van der Waals surface area contributed by atoms with E-state index in [2.05, 4.69) is 10.1 Å². The van der Waals surface area contributed by atoms with Gasteiger partial charge in [0.2, 0.25) is 0 Å². The molecular formula is C8H7N3O3. The number of aromatic nitrogens is 3. The number of rotatable bonds is 1. The standard InChI is InChI=1S/C8H7N3O3/c1-4-2-10-11-3-9-5(8(13)14)7(12)6(4)11/h2-3,12H,1H3,(H,13,14). The average Bonchev–Trinajstić information content (AvgIpc) is 2.48. The fourth-order valence-corrected chi connectivity index (χ4v) is 1.27. The highest BCUT2D eigenvalue weighted by molar-refractivity contribution is 5.91. The van der Waals surface area contributed by atoms with Crippen LogP contribution in [0.25, 0.3) is 5.52 Å². The van der Waals surface area contributed by atoms with Crippen LogP contribution in [0.4, 0.5) is 0 Å². The molecule has 0 saturated carbocycles. The number of aromatic hydroxyl groups is 1. The van der Waals surface area contributed by atoms with Crippen LogP contribution in [0.2, 0.25) is 0 Å². The quantitative estimate of drug-likeness (QED) is 0.686. The van der Waals surface area contributed by atoms with Gasteiger partial charge in [0.25, 0.3) is 0 Å². The lowest BCUT2D eigenvalue weighted by molar-refractivity contribution is 0.0687. The van der Waals surface area contributed by atoms with Crippen molar-refractivity contribution < 1.29 is 15.0 Å². The molecule has 0 atom stereocenters. The van der Waals surface area contributed by atoms with Crippen molar-refractivity contribution in [2.75, 3.05) is 0 Å². The maximum Gasteiger partial charge on any atom is 0.358 e. The van der Waals surface area contributed by atoms with Crippen LogP contribution in [0, 0.1) is 6.92 Å². The molecule has 0 aliphatic rings. The largest absolute Gasteiger partial charge is 0.504 e. The lowest BCUT2D eigenvalue weighted by Crippen LogP contribution is -2.03. The van der Waals surface area contributed by atoms with Gasteiger partial charge in [-0.15, -0.1) is 0 Å². The first-order valence-electron chi connectivity index (χ1n) is 3.86. The summed E-state index contributed by atoms with van der Waals surface area (Å²) in [5.74, 6) is -1.61. The van der Waals surface area contributed by atoms with E-state index in [0.717, 1.165) is 0 Å². The van der Waals surface area contributed by atoms with Crippen molar-refractivity contribution >= 4 is 11.5 Å². The molecule has 0 aliphatic carbocycles. The molecule has 2 aromatic heterocycles. The van der Waals surface area contributed by atoms with Crippen LogP contribution < -0.4 is 0 Å². The minimum absolute atomic E-state index is 0.352. The zero-order valence-electron chi connectivity index (χ0n) is 7.30.